The van der Waals surface area contributed by atoms with E-state index in [1.165, 1.54) is 27.8 Å². The highest BCUT2D eigenvalue weighted by molar-refractivity contribution is 5.85. The normalized spacial score (nSPS) is 18.1. The lowest BCUT2D eigenvalue weighted by molar-refractivity contribution is -0.119. The number of allylic oxidation sites excluding steroid dienone is 1. The van der Waals surface area contributed by atoms with Gasteiger partial charge in [-0.15, -0.1) is 0 Å². The SMILES string of the molecule is CNCCCCC(=O)CC1Cc2ccccc2/C=C(/C)c2ccccc21. The molecule has 1 atom stereocenters. The van der Waals surface area contributed by atoms with E-state index >= 15 is 0 Å². The summed E-state index contributed by atoms with van der Waals surface area (Å²) in [6.07, 6.45) is 6.58. The first-order chi connectivity index (χ1) is 12.7. The fraction of sp³-hybridized carbons (Fsp3) is 0.375. The number of hydrogen-bond acceptors (Lipinski definition) is 2. The van der Waals surface area contributed by atoms with Crippen LogP contribution in [0.2, 0.25) is 0 Å². The number of hydrogen-bond donors (Lipinski definition) is 1. The lowest BCUT2D eigenvalue weighted by atomic mass is 9.80. The summed E-state index contributed by atoms with van der Waals surface area (Å²) in [7, 11) is 1.96. The zero-order chi connectivity index (χ0) is 18.4. The predicted octanol–water partition coefficient (Wildman–Crippen LogP) is 5.24. The van der Waals surface area contributed by atoms with Gasteiger partial charge in [0.2, 0.25) is 0 Å². The second-order valence-corrected chi connectivity index (χ2v) is 7.32. The van der Waals surface area contributed by atoms with Gasteiger partial charge in [-0.3, -0.25) is 4.79 Å². The number of carbonyl (C=O) groups excluding carboxylic acids is 1. The van der Waals surface area contributed by atoms with Crippen LogP contribution in [-0.4, -0.2) is 19.4 Å². The van der Waals surface area contributed by atoms with Crippen LogP contribution in [-0.2, 0) is 11.2 Å². The summed E-state index contributed by atoms with van der Waals surface area (Å²) in [5.74, 6) is 0.647. The van der Waals surface area contributed by atoms with E-state index in [9.17, 15) is 4.79 Å². The molecule has 1 unspecified atom stereocenters. The Kier molecular flexibility index (Phi) is 6.40. The molecule has 2 aromatic rings. The van der Waals surface area contributed by atoms with Crippen molar-refractivity contribution < 1.29 is 4.79 Å². The van der Waals surface area contributed by atoms with Crippen LogP contribution in [0.4, 0.5) is 0 Å². The van der Waals surface area contributed by atoms with E-state index in [2.05, 4.69) is 66.8 Å². The van der Waals surface area contributed by atoms with Crippen molar-refractivity contribution in [1.29, 1.82) is 0 Å². The van der Waals surface area contributed by atoms with Gasteiger partial charge < -0.3 is 5.32 Å². The third-order valence-electron chi connectivity index (χ3n) is 5.33. The number of ketones is 1. The molecule has 2 heteroatoms. The minimum Gasteiger partial charge on any atom is -0.320 e. The number of nitrogens with one attached hydrogen (secondary N) is 1. The quantitative estimate of drug-likeness (QED) is 0.694. The van der Waals surface area contributed by atoms with Crippen molar-refractivity contribution in [3.63, 3.8) is 0 Å². The Labute approximate surface area is 157 Å². The van der Waals surface area contributed by atoms with Crippen LogP contribution < -0.4 is 5.32 Å². The predicted molar refractivity (Wildman–Crippen MR) is 110 cm³/mol. The maximum atomic E-state index is 12.6. The molecule has 0 heterocycles. The van der Waals surface area contributed by atoms with Gasteiger partial charge in [-0.2, -0.15) is 0 Å². The van der Waals surface area contributed by atoms with Gasteiger partial charge in [0, 0.05) is 12.8 Å². The minimum atomic E-state index is 0.257. The van der Waals surface area contributed by atoms with E-state index in [-0.39, 0.29) is 5.92 Å². The van der Waals surface area contributed by atoms with Gasteiger partial charge >= 0.3 is 0 Å². The van der Waals surface area contributed by atoms with Crippen molar-refractivity contribution >= 4 is 17.4 Å². The lowest BCUT2D eigenvalue weighted by Crippen LogP contribution is -2.14. The third kappa shape index (κ3) is 4.50. The van der Waals surface area contributed by atoms with Gasteiger partial charge in [-0.25, -0.2) is 0 Å². The van der Waals surface area contributed by atoms with Crippen LogP contribution in [0.1, 0.15) is 60.8 Å². The molecule has 26 heavy (non-hydrogen) atoms. The molecule has 136 valence electrons. The Morgan fingerprint density at radius 3 is 2.69 bits per heavy atom. The molecule has 3 rings (SSSR count). The van der Waals surface area contributed by atoms with Crippen LogP contribution in [0, 0.1) is 0 Å². The van der Waals surface area contributed by atoms with Crippen molar-refractivity contribution in [1.82, 2.24) is 5.32 Å². The number of unbranched alkanes of at least 4 members (excludes halogenated alkanes) is 1. The molecule has 0 fully saturated rings. The van der Waals surface area contributed by atoms with Crippen LogP contribution >= 0.6 is 0 Å². The first-order valence-electron chi connectivity index (χ1n) is 9.71. The third-order valence-corrected chi connectivity index (χ3v) is 5.33. The van der Waals surface area contributed by atoms with E-state index in [0.29, 0.717) is 18.6 Å². The summed E-state index contributed by atoms with van der Waals surface area (Å²) in [6.45, 7) is 3.16. The highest BCUT2D eigenvalue weighted by Crippen LogP contribution is 2.35. The summed E-state index contributed by atoms with van der Waals surface area (Å²) in [5.41, 5.74) is 6.51. The average Bonchev–Trinajstić information content (AvgIpc) is 2.65. The van der Waals surface area contributed by atoms with Crippen molar-refractivity contribution in [2.24, 2.45) is 0 Å². The number of benzene rings is 2. The van der Waals surface area contributed by atoms with Crippen molar-refractivity contribution in [2.75, 3.05) is 13.6 Å². The van der Waals surface area contributed by atoms with Gasteiger partial charge in [-0.05, 0) is 73.5 Å². The molecule has 0 amide bonds. The summed E-state index contributed by atoms with van der Waals surface area (Å²) in [5, 5.41) is 3.15. The number of Topliss-reactive ketones (excluding diaryl/α,β-unsaturated/α-hetero) is 1. The molecule has 1 N–H and O–H groups in total. The fourth-order valence-corrected chi connectivity index (χ4v) is 3.94. The molecule has 0 radical (unpaired) electrons. The largest absolute Gasteiger partial charge is 0.320 e. The second kappa shape index (κ2) is 8.95. The van der Waals surface area contributed by atoms with Crippen LogP contribution in [0.15, 0.2) is 48.5 Å². The molecule has 0 saturated carbocycles. The molecule has 0 bridgehead atoms. The van der Waals surface area contributed by atoms with E-state index in [0.717, 1.165) is 25.8 Å². The van der Waals surface area contributed by atoms with Gasteiger partial charge in [0.05, 0.1) is 0 Å². The smallest absolute Gasteiger partial charge is 0.133 e. The fourth-order valence-electron chi connectivity index (χ4n) is 3.94. The van der Waals surface area contributed by atoms with E-state index < -0.39 is 0 Å². The monoisotopic (exact) mass is 347 g/mol. The second-order valence-electron chi connectivity index (χ2n) is 7.32. The highest BCUT2D eigenvalue weighted by atomic mass is 16.1. The van der Waals surface area contributed by atoms with Crippen molar-refractivity contribution in [2.45, 2.75) is 44.9 Å². The first kappa shape index (κ1) is 18.6. The molecule has 1 aliphatic carbocycles. The molecular formula is C24H29NO. The van der Waals surface area contributed by atoms with Crippen molar-refractivity contribution in [3.05, 3.63) is 70.8 Å². The summed E-state index contributed by atoms with van der Waals surface area (Å²) in [4.78, 5) is 12.6. The Balaban J connectivity index is 1.86. The first-order valence-corrected chi connectivity index (χ1v) is 9.71. The standard InChI is InChI=1S/C24H29NO/c1-18-15-19-9-3-4-10-20(19)16-21(24-13-6-5-12-23(18)24)17-22(26)11-7-8-14-25-2/h3-6,9-10,12-13,15,21,25H,7-8,11,14,16-17H2,1-2H3/b18-15-. The van der Waals surface area contributed by atoms with E-state index in [4.69, 9.17) is 0 Å². The number of rotatable bonds is 7. The number of carbonyl (C=O) groups is 1. The summed E-state index contributed by atoms with van der Waals surface area (Å²) < 4.78 is 0. The molecule has 0 aromatic heterocycles. The maximum absolute atomic E-state index is 12.6. The zero-order valence-corrected chi connectivity index (χ0v) is 15.9. The Morgan fingerprint density at radius 2 is 1.85 bits per heavy atom. The Hall–Kier alpha value is -2.19. The number of fused-ring (bicyclic) bond motifs is 2. The van der Waals surface area contributed by atoms with Crippen LogP contribution in [0.3, 0.4) is 0 Å². The zero-order valence-electron chi connectivity index (χ0n) is 15.9. The molecule has 0 saturated heterocycles. The topological polar surface area (TPSA) is 29.1 Å². The van der Waals surface area contributed by atoms with Gasteiger partial charge in [0.25, 0.3) is 0 Å². The maximum Gasteiger partial charge on any atom is 0.133 e. The molecular weight excluding hydrogens is 318 g/mol. The molecule has 2 aromatic carbocycles. The van der Waals surface area contributed by atoms with Gasteiger partial charge in [0.1, 0.15) is 5.78 Å². The van der Waals surface area contributed by atoms with Gasteiger partial charge in [-0.1, -0.05) is 54.6 Å². The molecule has 0 aliphatic heterocycles. The van der Waals surface area contributed by atoms with Crippen LogP contribution in [0.5, 0.6) is 0 Å². The van der Waals surface area contributed by atoms with Crippen molar-refractivity contribution in [3.8, 4) is 0 Å². The summed E-state index contributed by atoms with van der Waals surface area (Å²) in [6, 6.07) is 17.2. The molecule has 2 nitrogen and oxygen atoms in total. The molecule has 0 spiro atoms. The van der Waals surface area contributed by atoms with E-state index in [1.807, 2.05) is 7.05 Å². The van der Waals surface area contributed by atoms with Crippen LogP contribution in [0.25, 0.3) is 11.6 Å². The average molecular weight is 348 g/mol. The lowest BCUT2D eigenvalue weighted by Gasteiger charge is -2.24. The van der Waals surface area contributed by atoms with Gasteiger partial charge in [0.15, 0.2) is 0 Å². The molecule has 1 aliphatic rings. The summed E-state index contributed by atoms with van der Waals surface area (Å²) >= 11 is 0. The van der Waals surface area contributed by atoms with E-state index in [1.54, 1.807) is 0 Å². The minimum absolute atomic E-state index is 0.257. The Bertz CT molecular complexity index is 790. The highest BCUT2D eigenvalue weighted by Gasteiger charge is 2.22. The Morgan fingerprint density at radius 1 is 1.08 bits per heavy atom.